The molecule has 0 bridgehead atoms. The Morgan fingerprint density at radius 3 is 2.56 bits per heavy atom. The fourth-order valence-electron chi connectivity index (χ4n) is 3.29. The predicted octanol–water partition coefficient (Wildman–Crippen LogP) is 3.28. The van der Waals surface area contributed by atoms with Gasteiger partial charge in [0.25, 0.3) is 5.91 Å². The molecule has 1 aliphatic carbocycles. The lowest BCUT2D eigenvalue weighted by Crippen LogP contribution is -2.40. The van der Waals surface area contributed by atoms with Crippen molar-refractivity contribution >= 4 is 16.8 Å². The maximum absolute atomic E-state index is 12.8. The number of carbonyl (C=O) groups excluding carboxylic acids is 1. The minimum atomic E-state index is -0.490. The third-order valence-electron chi connectivity index (χ3n) is 4.71. The van der Waals surface area contributed by atoms with Crippen LogP contribution in [0, 0.1) is 5.82 Å². The second-order valence-corrected chi connectivity index (χ2v) is 6.64. The van der Waals surface area contributed by atoms with E-state index in [0.717, 1.165) is 49.0 Å². The lowest BCUT2D eigenvalue weighted by molar-refractivity contribution is 0.0880. The van der Waals surface area contributed by atoms with Crippen LogP contribution in [-0.2, 0) is 0 Å². The summed E-state index contributed by atoms with van der Waals surface area (Å²) in [5.74, 6) is -0.650. The Morgan fingerprint density at radius 2 is 1.78 bits per heavy atom. The predicted molar refractivity (Wildman–Crippen MR) is 97.9 cm³/mol. The number of halogens is 1. The van der Waals surface area contributed by atoms with Gasteiger partial charge in [-0.2, -0.15) is 0 Å². The largest absolute Gasteiger partial charge is 0.460 e. The number of aromatic nitrogens is 3. The molecule has 1 aromatic carbocycles. The number of ether oxygens (including phenoxy) is 1. The maximum Gasteiger partial charge on any atom is 0.316 e. The molecule has 0 unspecified atom stereocenters. The van der Waals surface area contributed by atoms with Crippen LogP contribution in [0.2, 0.25) is 0 Å². The van der Waals surface area contributed by atoms with Crippen molar-refractivity contribution in [2.75, 3.05) is 0 Å². The molecular formula is C20H19FN4O2. The summed E-state index contributed by atoms with van der Waals surface area (Å²) in [5, 5.41) is 4.06. The van der Waals surface area contributed by atoms with E-state index in [-0.39, 0.29) is 24.1 Å². The maximum atomic E-state index is 12.8. The van der Waals surface area contributed by atoms with Gasteiger partial charge in [-0.15, -0.1) is 0 Å². The number of rotatable bonds is 4. The number of carbonyl (C=O) groups is 1. The number of amides is 1. The molecular weight excluding hydrogens is 347 g/mol. The second-order valence-electron chi connectivity index (χ2n) is 6.64. The fraction of sp³-hybridized carbons (Fsp3) is 0.300. The van der Waals surface area contributed by atoms with E-state index in [1.54, 1.807) is 6.07 Å². The zero-order valence-corrected chi connectivity index (χ0v) is 14.6. The molecule has 0 aliphatic heterocycles. The van der Waals surface area contributed by atoms with Crippen molar-refractivity contribution in [3.8, 4) is 6.01 Å². The topological polar surface area (TPSA) is 77.0 Å². The van der Waals surface area contributed by atoms with Crippen molar-refractivity contribution in [1.29, 1.82) is 0 Å². The van der Waals surface area contributed by atoms with E-state index in [1.165, 1.54) is 0 Å². The Morgan fingerprint density at radius 1 is 1.04 bits per heavy atom. The molecule has 1 N–H and O–H groups in total. The van der Waals surface area contributed by atoms with Crippen LogP contribution in [0.3, 0.4) is 0 Å². The first-order valence-electron chi connectivity index (χ1n) is 8.98. The lowest BCUT2D eigenvalue weighted by Gasteiger charge is -2.28. The molecule has 2 aromatic heterocycles. The summed E-state index contributed by atoms with van der Waals surface area (Å²) in [4.78, 5) is 24.6. The van der Waals surface area contributed by atoms with Crippen molar-refractivity contribution in [3.63, 3.8) is 0 Å². The minimum absolute atomic E-state index is 0.0255. The molecule has 0 atom stereocenters. The number of pyridine rings is 1. The summed E-state index contributed by atoms with van der Waals surface area (Å²) in [6.07, 6.45) is 5.29. The van der Waals surface area contributed by atoms with E-state index in [0.29, 0.717) is 5.69 Å². The number of fused-ring (bicyclic) bond motifs is 1. The van der Waals surface area contributed by atoms with Gasteiger partial charge in [-0.3, -0.25) is 4.79 Å². The van der Waals surface area contributed by atoms with Crippen molar-refractivity contribution in [2.45, 2.75) is 37.8 Å². The monoisotopic (exact) mass is 366 g/mol. The van der Waals surface area contributed by atoms with Gasteiger partial charge >= 0.3 is 6.01 Å². The lowest BCUT2D eigenvalue weighted by atomic mass is 9.93. The van der Waals surface area contributed by atoms with Crippen molar-refractivity contribution in [3.05, 3.63) is 60.3 Å². The van der Waals surface area contributed by atoms with E-state index in [9.17, 15) is 9.18 Å². The minimum Gasteiger partial charge on any atom is -0.460 e. The number of benzene rings is 1. The van der Waals surface area contributed by atoms with Gasteiger partial charge in [0.1, 0.15) is 11.8 Å². The van der Waals surface area contributed by atoms with E-state index in [2.05, 4.69) is 20.3 Å². The standard InChI is InChI=1S/C20H19FN4O2/c21-14-11-22-20(23-12-14)27-16-8-6-15(7-9-16)24-19(26)18-10-5-13-3-1-2-4-17(13)25-18/h1-5,10-12,15-16H,6-9H2,(H,24,26). The Balaban J connectivity index is 1.31. The summed E-state index contributed by atoms with van der Waals surface area (Å²) in [6.45, 7) is 0. The van der Waals surface area contributed by atoms with Crippen molar-refractivity contribution in [2.24, 2.45) is 0 Å². The number of nitrogens with one attached hydrogen (secondary N) is 1. The van der Waals surface area contributed by atoms with Crippen LogP contribution in [0.5, 0.6) is 6.01 Å². The normalized spacial score (nSPS) is 19.6. The van der Waals surface area contributed by atoms with E-state index in [4.69, 9.17) is 4.74 Å². The fourth-order valence-corrected chi connectivity index (χ4v) is 3.29. The zero-order chi connectivity index (χ0) is 18.6. The Kier molecular flexibility index (Phi) is 4.91. The van der Waals surface area contributed by atoms with Crippen LogP contribution in [0.15, 0.2) is 48.8 Å². The summed E-state index contributed by atoms with van der Waals surface area (Å²) in [6, 6.07) is 11.6. The van der Waals surface area contributed by atoms with Gasteiger partial charge in [-0.25, -0.2) is 19.3 Å². The van der Waals surface area contributed by atoms with Crippen LogP contribution < -0.4 is 10.1 Å². The molecule has 7 heteroatoms. The molecule has 27 heavy (non-hydrogen) atoms. The van der Waals surface area contributed by atoms with Crippen LogP contribution in [0.25, 0.3) is 10.9 Å². The molecule has 3 aromatic rings. The molecule has 1 aliphatic rings. The first-order valence-corrected chi connectivity index (χ1v) is 8.98. The molecule has 6 nitrogen and oxygen atoms in total. The SMILES string of the molecule is O=C(NC1CCC(Oc2ncc(F)cn2)CC1)c1ccc2ccccc2n1. The number of hydrogen-bond donors (Lipinski definition) is 1. The Hall–Kier alpha value is -3.09. The third-order valence-corrected chi connectivity index (χ3v) is 4.71. The van der Waals surface area contributed by atoms with Crippen LogP contribution >= 0.6 is 0 Å². The molecule has 1 saturated carbocycles. The van der Waals surface area contributed by atoms with E-state index < -0.39 is 5.82 Å². The van der Waals surface area contributed by atoms with Crippen LogP contribution in [0.1, 0.15) is 36.2 Å². The molecule has 0 spiro atoms. The van der Waals surface area contributed by atoms with Crippen molar-refractivity contribution in [1.82, 2.24) is 20.3 Å². The van der Waals surface area contributed by atoms with E-state index in [1.807, 2.05) is 30.3 Å². The first-order chi connectivity index (χ1) is 13.2. The van der Waals surface area contributed by atoms with Gasteiger partial charge in [0.2, 0.25) is 0 Å². The average Bonchev–Trinajstić information content (AvgIpc) is 2.71. The molecule has 4 rings (SSSR count). The summed E-state index contributed by atoms with van der Waals surface area (Å²) in [5.41, 5.74) is 1.23. The molecule has 2 heterocycles. The zero-order valence-electron chi connectivity index (χ0n) is 14.6. The quantitative estimate of drug-likeness (QED) is 0.767. The Bertz CT molecular complexity index is 940. The number of nitrogens with zero attached hydrogens (tertiary/aromatic N) is 3. The molecule has 0 saturated heterocycles. The van der Waals surface area contributed by atoms with Gasteiger partial charge in [-0.1, -0.05) is 24.3 Å². The van der Waals surface area contributed by atoms with Crippen molar-refractivity contribution < 1.29 is 13.9 Å². The van der Waals surface area contributed by atoms with Gasteiger partial charge in [0.15, 0.2) is 5.82 Å². The third kappa shape index (κ3) is 4.19. The smallest absolute Gasteiger partial charge is 0.316 e. The van der Waals surface area contributed by atoms with Gasteiger partial charge in [0, 0.05) is 11.4 Å². The molecule has 138 valence electrons. The summed E-state index contributed by atoms with van der Waals surface area (Å²) < 4.78 is 18.5. The molecule has 1 amide bonds. The second kappa shape index (κ2) is 7.65. The Labute approximate surface area is 155 Å². The van der Waals surface area contributed by atoms with Crippen LogP contribution in [0.4, 0.5) is 4.39 Å². The highest BCUT2D eigenvalue weighted by atomic mass is 19.1. The molecule has 1 fully saturated rings. The van der Waals surface area contributed by atoms with Gasteiger partial charge in [0.05, 0.1) is 17.9 Å². The van der Waals surface area contributed by atoms with E-state index >= 15 is 0 Å². The summed E-state index contributed by atoms with van der Waals surface area (Å²) >= 11 is 0. The van der Waals surface area contributed by atoms with Crippen LogP contribution in [-0.4, -0.2) is 33.0 Å². The number of para-hydroxylation sites is 1. The highest BCUT2D eigenvalue weighted by Gasteiger charge is 2.25. The average molecular weight is 366 g/mol. The molecule has 0 radical (unpaired) electrons. The van der Waals surface area contributed by atoms with Gasteiger partial charge in [-0.05, 0) is 37.8 Å². The number of hydrogen-bond acceptors (Lipinski definition) is 5. The summed E-state index contributed by atoms with van der Waals surface area (Å²) in [7, 11) is 0. The highest BCUT2D eigenvalue weighted by molar-refractivity contribution is 5.95. The first kappa shape index (κ1) is 17.3. The van der Waals surface area contributed by atoms with Gasteiger partial charge < -0.3 is 10.1 Å². The highest BCUT2D eigenvalue weighted by Crippen LogP contribution is 2.22.